The molecule has 0 spiro atoms. The van der Waals surface area contributed by atoms with Gasteiger partial charge in [-0.05, 0) is 19.3 Å². The molecule has 0 saturated heterocycles. The van der Waals surface area contributed by atoms with E-state index in [1.165, 1.54) is 77.0 Å². The van der Waals surface area contributed by atoms with Crippen molar-refractivity contribution in [3.05, 3.63) is 0 Å². The summed E-state index contributed by atoms with van der Waals surface area (Å²) in [5.41, 5.74) is 0. The lowest BCUT2D eigenvalue weighted by Crippen LogP contribution is -1.99. The predicted octanol–water partition coefficient (Wildman–Crippen LogP) is 6.09. The smallest absolute Gasteiger partial charge is 0.0512 e. The normalized spacial score (nSPS) is 14.5. The second-order valence-electron chi connectivity index (χ2n) is 6.50. The molecule has 0 aromatic heterocycles. The van der Waals surface area contributed by atoms with E-state index in [0.29, 0.717) is 0 Å². The zero-order valence-corrected chi connectivity index (χ0v) is 13.8. The van der Waals surface area contributed by atoms with Crippen molar-refractivity contribution in [3.8, 4) is 0 Å². The Morgan fingerprint density at radius 3 is 1.53 bits per heavy atom. The van der Waals surface area contributed by atoms with Crippen LogP contribution in [0.3, 0.4) is 0 Å². The van der Waals surface area contributed by atoms with Crippen LogP contribution in [0.1, 0.15) is 104 Å². The lowest BCUT2D eigenvalue weighted by Gasteiger charge is -2.11. The van der Waals surface area contributed by atoms with Crippen LogP contribution in [0, 0.1) is 5.92 Å². The van der Waals surface area contributed by atoms with Crippen LogP contribution >= 0.6 is 0 Å². The van der Waals surface area contributed by atoms with Gasteiger partial charge in [0.2, 0.25) is 0 Å². The van der Waals surface area contributed by atoms with Crippen molar-refractivity contribution in [2.24, 2.45) is 5.92 Å². The van der Waals surface area contributed by atoms with Crippen LogP contribution < -0.4 is 0 Å². The lowest BCUT2D eigenvalue weighted by atomic mass is 9.96. The van der Waals surface area contributed by atoms with Gasteiger partial charge in [0.1, 0.15) is 0 Å². The molecule has 0 fully saturated rings. The van der Waals surface area contributed by atoms with E-state index in [0.717, 1.165) is 12.3 Å². The van der Waals surface area contributed by atoms with E-state index in [-0.39, 0.29) is 6.10 Å². The Balaban J connectivity index is 3.14. The standard InChI is InChI=1S/C18H38O/c1-4-5-6-7-8-11-14-17(2)15-12-9-10-13-16-18(3)19/h17-19H,4-16H2,1-3H3. The van der Waals surface area contributed by atoms with Crippen LogP contribution in [-0.4, -0.2) is 11.2 Å². The summed E-state index contributed by atoms with van der Waals surface area (Å²) in [5, 5.41) is 9.17. The first-order chi connectivity index (χ1) is 9.16. The number of aliphatic hydroxyl groups is 1. The molecule has 2 atom stereocenters. The summed E-state index contributed by atoms with van der Waals surface area (Å²) in [6.45, 7) is 6.59. The largest absolute Gasteiger partial charge is 0.393 e. The minimum absolute atomic E-state index is 0.105. The van der Waals surface area contributed by atoms with Gasteiger partial charge in [-0.2, -0.15) is 0 Å². The monoisotopic (exact) mass is 270 g/mol. The zero-order valence-electron chi connectivity index (χ0n) is 13.8. The first-order valence-corrected chi connectivity index (χ1v) is 8.84. The van der Waals surface area contributed by atoms with Crippen molar-refractivity contribution >= 4 is 0 Å². The van der Waals surface area contributed by atoms with Gasteiger partial charge in [-0.15, -0.1) is 0 Å². The van der Waals surface area contributed by atoms with E-state index in [2.05, 4.69) is 13.8 Å². The Bertz CT molecular complexity index is 165. The molecule has 0 radical (unpaired) electrons. The van der Waals surface area contributed by atoms with E-state index in [1.54, 1.807) is 0 Å². The summed E-state index contributed by atoms with van der Waals surface area (Å²) in [4.78, 5) is 0. The summed E-state index contributed by atoms with van der Waals surface area (Å²) in [5.74, 6) is 0.919. The Labute approximate surface area is 122 Å². The fourth-order valence-electron chi connectivity index (χ4n) is 2.70. The molecule has 1 N–H and O–H groups in total. The highest BCUT2D eigenvalue weighted by Gasteiger charge is 2.02. The topological polar surface area (TPSA) is 20.2 Å². The number of hydrogen-bond acceptors (Lipinski definition) is 1. The Hall–Kier alpha value is -0.0400. The Kier molecular flexibility index (Phi) is 14.3. The number of unbranched alkanes of at least 4 members (excludes halogenated alkanes) is 8. The van der Waals surface area contributed by atoms with Gasteiger partial charge in [0.05, 0.1) is 6.10 Å². The van der Waals surface area contributed by atoms with Crippen LogP contribution in [0.25, 0.3) is 0 Å². The van der Waals surface area contributed by atoms with Crippen molar-refractivity contribution in [2.45, 2.75) is 110 Å². The molecule has 116 valence electrons. The van der Waals surface area contributed by atoms with Crippen LogP contribution in [0.4, 0.5) is 0 Å². The third-order valence-electron chi connectivity index (χ3n) is 4.12. The van der Waals surface area contributed by atoms with Crippen LogP contribution in [0.2, 0.25) is 0 Å². The van der Waals surface area contributed by atoms with Crippen LogP contribution in [0.5, 0.6) is 0 Å². The van der Waals surface area contributed by atoms with E-state index >= 15 is 0 Å². The fraction of sp³-hybridized carbons (Fsp3) is 1.00. The molecule has 0 aromatic carbocycles. The second-order valence-corrected chi connectivity index (χ2v) is 6.50. The van der Waals surface area contributed by atoms with E-state index < -0.39 is 0 Å². The average Bonchev–Trinajstić information content (AvgIpc) is 2.37. The van der Waals surface area contributed by atoms with Crippen LogP contribution in [0.15, 0.2) is 0 Å². The quantitative estimate of drug-likeness (QED) is 0.378. The highest BCUT2D eigenvalue weighted by atomic mass is 16.3. The summed E-state index contributed by atoms with van der Waals surface area (Å²) < 4.78 is 0. The summed E-state index contributed by atoms with van der Waals surface area (Å²) >= 11 is 0. The van der Waals surface area contributed by atoms with Gasteiger partial charge in [-0.25, -0.2) is 0 Å². The number of aliphatic hydroxyl groups excluding tert-OH is 1. The molecule has 19 heavy (non-hydrogen) atoms. The molecule has 0 aliphatic rings. The molecular weight excluding hydrogens is 232 g/mol. The molecule has 0 amide bonds. The Morgan fingerprint density at radius 2 is 1.05 bits per heavy atom. The van der Waals surface area contributed by atoms with Gasteiger partial charge >= 0.3 is 0 Å². The van der Waals surface area contributed by atoms with E-state index in [9.17, 15) is 5.11 Å². The third kappa shape index (κ3) is 15.9. The van der Waals surface area contributed by atoms with Gasteiger partial charge in [0.25, 0.3) is 0 Å². The third-order valence-corrected chi connectivity index (χ3v) is 4.12. The minimum atomic E-state index is -0.105. The molecule has 1 heteroatoms. The van der Waals surface area contributed by atoms with Crippen molar-refractivity contribution < 1.29 is 5.11 Å². The molecule has 0 rings (SSSR count). The summed E-state index contributed by atoms with van der Waals surface area (Å²) in [6, 6.07) is 0. The molecule has 2 unspecified atom stereocenters. The van der Waals surface area contributed by atoms with Gasteiger partial charge in [0, 0.05) is 0 Å². The lowest BCUT2D eigenvalue weighted by molar-refractivity contribution is 0.180. The highest BCUT2D eigenvalue weighted by Crippen LogP contribution is 2.18. The van der Waals surface area contributed by atoms with Crippen molar-refractivity contribution in [1.82, 2.24) is 0 Å². The van der Waals surface area contributed by atoms with Gasteiger partial charge in [-0.1, -0.05) is 90.9 Å². The SMILES string of the molecule is CCCCCCCCC(C)CCCCCCC(C)O. The molecular formula is C18H38O. The molecule has 1 nitrogen and oxygen atoms in total. The van der Waals surface area contributed by atoms with Gasteiger partial charge in [-0.3, -0.25) is 0 Å². The molecule has 0 bridgehead atoms. The maximum Gasteiger partial charge on any atom is 0.0512 e. The molecule has 0 aliphatic carbocycles. The number of hydrogen-bond donors (Lipinski definition) is 1. The first-order valence-electron chi connectivity index (χ1n) is 8.84. The molecule has 0 heterocycles. The molecule has 0 saturated carbocycles. The predicted molar refractivity (Wildman–Crippen MR) is 86.5 cm³/mol. The maximum absolute atomic E-state index is 9.17. The minimum Gasteiger partial charge on any atom is -0.393 e. The Morgan fingerprint density at radius 1 is 0.632 bits per heavy atom. The maximum atomic E-state index is 9.17. The van der Waals surface area contributed by atoms with Crippen molar-refractivity contribution in [1.29, 1.82) is 0 Å². The summed E-state index contributed by atoms with van der Waals surface area (Å²) in [7, 11) is 0. The molecule has 0 aromatic rings. The van der Waals surface area contributed by atoms with Gasteiger partial charge < -0.3 is 5.11 Å². The fourth-order valence-corrected chi connectivity index (χ4v) is 2.70. The average molecular weight is 271 g/mol. The van der Waals surface area contributed by atoms with E-state index in [1.807, 2.05) is 6.92 Å². The second kappa shape index (κ2) is 14.4. The van der Waals surface area contributed by atoms with Crippen molar-refractivity contribution in [3.63, 3.8) is 0 Å². The van der Waals surface area contributed by atoms with Gasteiger partial charge in [0.15, 0.2) is 0 Å². The number of rotatable bonds is 14. The van der Waals surface area contributed by atoms with E-state index in [4.69, 9.17) is 0 Å². The first kappa shape index (κ1) is 19.0. The molecule has 0 aliphatic heterocycles. The highest BCUT2D eigenvalue weighted by molar-refractivity contribution is 4.56. The van der Waals surface area contributed by atoms with Crippen LogP contribution in [-0.2, 0) is 0 Å². The van der Waals surface area contributed by atoms with Crippen molar-refractivity contribution in [2.75, 3.05) is 0 Å². The summed E-state index contributed by atoms with van der Waals surface area (Å²) in [6.07, 6.45) is 17.5. The zero-order chi connectivity index (χ0) is 14.3.